The van der Waals surface area contributed by atoms with Crippen LogP contribution in [0.15, 0.2) is 55.6 Å². The minimum absolute atomic E-state index is 0.0931. The zero-order chi connectivity index (χ0) is 15.2. The molecule has 1 heteroatoms. The fraction of sp³-hybridized carbons (Fsp3) is 0.300. The molecule has 1 aromatic rings. The van der Waals surface area contributed by atoms with Crippen molar-refractivity contribution in [2.24, 2.45) is 0 Å². The molecule has 0 aliphatic rings. The second-order valence-corrected chi connectivity index (χ2v) is 4.53. The van der Waals surface area contributed by atoms with Gasteiger partial charge in [-0.3, -0.25) is 0 Å². The lowest BCUT2D eigenvalue weighted by molar-refractivity contribution is 0.110. The third-order valence-corrected chi connectivity index (χ3v) is 2.81. The summed E-state index contributed by atoms with van der Waals surface area (Å²) >= 11 is 0. The van der Waals surface area contributed by atoms with E-state index in [0.29, 0.717) is 6.61 Å². The molecule has 0 unspecified atom stereocenters. The summed E-state index contributed by atoms with van der Waals surface area (Å²) in [6.07, 6.45) is 7.02. The predicted octanol–water partition coefficient (Wildman–Crippen LogP) is 4.16. The zero-order valence-electron chi connectivity index (χ0n) is 12.5. The molecule has 0 saturated carbocycles. The molecule has 0 bridgehead atoms. The van der Waals surface area contributed by atoms with Crippen LogP contribution in [0.2, 0.25) is 0 Å². The lowest BCUT2D eigenvalue weighted by Crippen LogP contribution is -2.10. The first kappa shape index (κ1) is 16.8. The molecule has 0 aliphatic heterocycles. The van der Waals surface area contributed by atoms with E-state index in [9.17, 15) is 0 Å². The van der Waals surface area contributed by atoms with Crippen LogP contribution in [-0.4, -0.2) is 12.7 Å². The highest BCUT2D eigenvalue weighted by Gasteiger charge is 2.01. The van der Waals surface area contributed by atoms with Crippen molar-refractivity contribution in [3.8, 4) is 23.7 Å². The summed E-state index contributed by atoms with van der Waals surface area (Å²) in [4.78, 5) is 0. The predicted molar refractivity (Wildman–Crippen MR) is 89.7 cm³/mol. The Kier molecular flexibility index (Phi) is 9.29. The molecule has 1 aromatic carbocycles. The van der Waals surface area contributed by atoms with Gasteiger partial charge in [0.2, 0.25) is 0 Å². The maximum Gasteiger partial charge on any atom is 0.119 e. The maximum atomic E-state index is 5.56. The highest BCUT2D eigenvalue weighted by molar-refractivity contribution is 5.28. The Morgan fingerprint density at radius 2 is 1.90 bits per heavy atom. The molecule has 0 fully saturated rings. The minimum atomic E-state index is -0.0931. The number of aryl methyl sites for hydroxylation is 1. The van der Waals surface area contributed by atoms with Gasteiger partial charge in [0, 0.05) is 6.42 Å². The van der Waals surface area contributed by atoms with E-state index < -0.39 is 0 Å². The second-order valence-electron chi connectivity index (χ2n) is 4.53. The molecule has 0 heterocycles. The Morgan fingerprint density at radius 3 is 2.62 bits per heavy atom. The fourth-order valence-corrected chi connectivity index (χ4v) is 1.73. The van der Waals surface area contributed by atoms with Gasteiger partial charge in [-0.2, -0.15) is 0 Å². The molecular weight excluding hydrogens is 256 g/mol. The molecule has 0 aliphatic carbocycles. The van der Waals surface area contributed by atoms with Gasteiger partial charge >= 0.3 is 0 Å². The molecule has 1 nitrogen and oxygen atoms in total. The Bertz CT molecular complexity index is 522. The van der Waals surface area contributed by atoms with Gasteiger partial charge in [0.15, 0.2) is 0 Å². The Morgan fingerprint density at radius 1 is 1.10 bits per heavy atom. The van der Waals surface area contributed by atoms with E-state index in [0.717, 1.165) is 25.7 Å². The molecule has 0 spiro atoms. The topological polar surface area (TPSA) is 9.23 Å². The molecule has 0 amide bonds. The third kappa shape index (κ3) is 8.53. The van der Waals surface area contributed by atoms with Crippen molar-refractivity contribution in [3.05, 3.63) is 61.2 Å². The van der Waals surface area contributed by atoms with Crippen molar-refractivity contribution >= 4 is 0 Å². The largest absolute Gasteiger partial charge is 0.361 e. The number of benzene rings is 1. The van der Waals surface area contributed by atoms with Crippen molar-refractivity contribution in [2.45, 2.75) is 31.8 Å². The molecule has 0 N–H and O–H groups in total. The third-order valence-electron chi connectivity index (χ3n) is 2.81. The van der Waals surface area contributed by atoms with Crippen molar-refractivity contribution < 1.29 is 4.74 Å². The Balaban J connectivity index is 2.38. The molecule has 0 saturated heterocycles. The highest BCUT2D eigenvalue weighted by Crippen LogP contribution is 2.02. The summed E-state index contributed by atoms with van der Waals surface area (Å²) in [5.74, 6) is 11.9. The summed E-state index contributed by atoms with van der Waals surface area (Å²) in [5.41, 5.74) is 1.30. The Hall–Kier alpha value is -2.22. The highest BCUT2D eigenvalue weighted by atomic mass is 16.5. The van der Waals surface area contributed by atoms with Crippen LogP contribution in [-0.2, 0) is 11.2 Å². The average Bonchev–Trinajstić information content (AvgIpc) is 2.53. The monoisotopic (exact) mass is 278 g/mol. The van der Waals surface area contributed by atoms with Crippen LogP contribution < -0.4 is 0 Å². The summed E-state index contributed by atoms with van der Waals surface area (Å²) in [7, 11) is 0. The zero-order valence-corrected chi connectivity index (χ0v) is 12.5. The van der Waals surface area contributed by atoms with E-state index in [1.165, 1.54) is 5.56 Å². The van der Waals surface area contributed by atoms with Gasteiger partial charge in [-0.1, -0.05) is 54.3 Å². The number of hydrogen-bond acceptors (Lipinski definition) is 1. The lowest BCUT2D eigenvalue weighted by atomic mass is 10.1. The van der Waals surface area contributed by atoms with Crippen molar-refractivity contribution in [1.29, 1.82) is 0 Å². The number of rotatable bonds is 8. The van der Waals surface area contributed by atoms with E-state index in [1.54, 1.807) is 6.08 Å². The molecule has 0 aromatic heterocycles. The minimum Gasteiger partial charge on any atom is -0.361 e. The average molecular weight is 278 g/mol. The van der Waals surface area contributed by atoms with Crippen molar-refractivity contribution in [1.82, 2.24) is 0 Å². The van der Waals surface area contributed by atoms with Gasteiger partial charge in [0.05, 0.1) is 6.61 Å². The summed E-state index contributed by atoms with van der Waals surface area (Å²) in [6, 6.07) is 10.3. The smallest absolute Gasteiger partial charge is 0.119 e. The molecule has 1 rings (SSSR count). The molecule has 0 radical (unpaired) electrons. The fourth-order valence-electron chi connectivity index (χ4n) is 1.73. The van der Waals surface area contributed by atoms with Gasteiger partial charge in [-0.15, -0.1) is 13.2 Å². The molecular formula is C20H22O. The second kappa shape index (κ2) is 11.6. The van der Waals surface area contributed by atoms with E-state index in [1.807, 2.05) is 24.3 Å². The van der Waals surface area contributed by atoms with Crippen LogP contribution in [0.1, 0.15) is 24.8 Å². The van der Waals surface area contributed by atoms with Crippen LogP contribution in [0.25, 0.3) is 0 Å². The van der Waals surface area contributed by atoms with E-state index in [-0.39, 0.29) is 6.10 Å². The van der Waals surface area contributed by atoms with E-state index in [4.69, 9.17) is 4.74 Å². The maximum absolute atomic E-state index is 5.56. The standard InChI is InChI=1S/C20H22O/c1-3-5-16-20(21-18-4-2)17-12-7-6-9-13-19-14-10-8-11-15-19/h3-4,8,10-11,14-15,20H,1-2,5,9,13,16,18H2/t20-/m1/s1. The first-order valence-electron chi connectivity index (χ1n) is 7.22. The summed E-state index contributed by atoms with van der Waals surface area (Å²) in [6.45, 7) is 7.86. The quantitative estimate of drug-likeness (QED) is 0.512. The van der Waals surface area contributed by atoms with Crippen LogP contribution in [0.5, 0.6) is 0 Å². The SMILES string of the molecule is C=CCC[C@H](C#CC#CCCc1ccccc1)OCC=C. The first-order valence-corrected chi connectivity index (χ1v) is 7.22. The number of hydrogen-bond donors (Lipinski definition) is 0. The lowest BCUT2D eigenvalue weighted by Gasteiger charge is -2.08. The van der Waals surface area contributed by atoms with Gasteiger partial charge < -0.3 is 4.74 Å². The van der Waals surface area contributed by atoms with Crippen LogP contribution in [0.3, 0.4) is 0 Å². The normalized spacial score (nSPS) is 10.5. The number of ether oxygens (including phenoxy) is 1. The first-order chi connectivity index (χ1) is 10.4. The van der Waals surface area contributed by atoms with E-state index >= 15 is 0 Å². The summed E-state index contributed by atoms with van der Waals surface area (Å²) in [5, 5.41) is 0. The van der Waals surface area contributed by atoms with Gasteiger partial charge in [0.1, 0.15) is 6.10 Å². The molecule has 108 valence electrons. The van der Waals surface area contributed by atoms with Gasteiger partial charge in [0.25, 0.3) is 0 Å². The number of allylic oxidation sites excluding steroid dienone is 1. The van der Waals surface area contributed by atoms with Gasteiger partial charge in [-0.05, 0) is 36.7 Å². The van der Waals surface area contributed by atoms with Crippen molar-refractivity contribution in [2.75, 3.05) is 6.61 Å². The molecule has 1 atom stereocenters. The van der Waals surface area contributed by atoms with Crippen molar-refractivity contribution in [3.63, 3.8) is 0 Å². The van der Waals surface area contributed by atoms with Crippen LogP contribution in [0.4, 0.5) is 0 Å². The molecule has 21 heavy (non-hydrogen) atoms. The Labute approximate surface area is 128 Å². The van der Waals surface area contributed by atoms with Gasteiger partial charge in [-0.25, -0.2) is 0 Å². The van der Waals surface area contributed by atoms with Crippen LogP contribution in [0, 0.1) is 23.7 Å². The summed E-state index contributed by atoms with van der Waals surface area (Å²) < 4.78 is 5.56. The van der Waals surface area contributed by atoms with E-state index in [2.05, 4.69) is 49.0 Å². The van der Waals surface area contributed by atoms with Crippen LogP contribution >= 0.6 is 0 Å².